The molecule has 3 aromatic rings. The summed E-state index contributed by atoms with van der Waals surface area (Å²) in [6.45, 7) is 0. The fourth-order valence-corrected chi connectivity index (χ4v) is 5.29. The van der Waals surface area contributed by atoms with Crippen molar-refractivity contribution in [2.75, 3.05) is 5.32 Å². The summed E-state index contributed by atoms with van der Waals surface area (Å²) < 4.78 is 133. The summed E-state index contributed by atoms with van der Waals surface area (Å²) in [6, 6.07) is 6.12. The zero-order valence-corrected chi connectivity index (χ0v) is 21.5. The zero-order valence-electron chi connectivity index (χ0n) is 17.5. The molecule has 200 valence electrons. The summed E-state index contributed by atoms with van der Waals surface area (Å²) >= 11 is 3.82. The number of carbonyl (C=O) groups excluding carboxylic acids is 1. The van der Waals surface area contributed by atoms with Crippen molar-refractivity contribution in [3.05, 3.63) is 69.5 Å². The molecule has 0 aliphatic heterocycles. The SMILES string of the molecule is O=C(Nc1c(Br)cc(C(F)(C(F)(F)F)C(F)(F)Br)cc1S(=O)(=O)C(F)F)c1ccc2ccc[n+]([O-])c2c1. The Kier molecular flexibility index (Phi) is 7.57. The van der Waals surface area contributed by atoms with Crippen LogP contribution in [0.3, 0.4) is 0 Å². The minimum absolute atomic E-state index is 0.0306. The number of rotatable bonds is 6. The topological polar surface area (TPSA) is 90.2 Å². The van der Waals surface area contributed by atoms with Crippen molar-refractivity contribution in [1.82, 2.24) is 0 Å². The van der Waals surface area contributed by atoms with E-state index < -0.39 is 58.8 Å². The maximum absolute atomic E-state index is 14.9. The van der Waals surface area contributed by atoms with Gasteiger partial charge in [0, 0.05) is 33.1 Å². The summed E-state index contributed by atoms with van der Waals surface area (Å²) in [7, 11) is -5.90. The summed E-state index contributed by atoms with van der Waals surface area (Å²) in [6.07, 6.45) is -5.26. The molecule has 1 amide bonds. The third-order valence-electron chi connectivity index (χ3n) is 5.04. The zero-order chi connectivity index (χ0) is 28.1. The van der Waals surface area contributed by atoms with Crippen molar-refractivity contribution >= 4 is 64.2 Å². The third kappa shape index (κ3) is 5.12. The molecule has 1 unspecified atom stereocenters. The first-order chi connectivity index (χ1) is 16.8. The van der Waals surface area contributed by atoms with E-state index in [1.165, 1.54) is 34.1 Å². The van der Waals surface area contributed by atoms with E-state index in [2.05, 4.69) is 15.9 Å². The molecule has 1 heterocycles. The van der Waals surface area contributed by atoms with Crippen molar-refractivity contribution in [3.8, 4) is 0 Å². The lowest BCUT2D eigenvalue weighted by Gasteiger charge is -2.32. The van der Waals surface area contributed by atoms with Crippen LogP contribution in [0.5, 0.6) is 0 Å². The second kappa shape index (κ2) is 9.65. The molecule has 0 fully saturated rings. The van der Waals surface area contributed by atoms with Crippen LogP contribution in [-0.4, -0.2) is 31.1 Å². The summed E-state index contributed by atoms with van der Waals surface area (Å²) in [5.74, 6) is -5.52. The normalized spacial score (nSPS) is 14.6. The monoisotopic (exact) mass is 684 g/mol. The molecule has 6 nitrogen and oxygen atoms in total. The Hall–Kier alpha value is -2.53. The fraction of sp³-hybridized carbons (Fsp3) is 0.200. The molecule has 0 saturated carbocycles. The van der Waals surface area contributed by atoms with E-state index in [9.17, 15) is 53.5 Å². The van der Waals surface area contributed by atoms with Gasteiger partial charge in [-0.1, -0.05) is 0 Å². The molecule has 37 heavy (non-hydrogen) atoms. The number of anilines is 1. The number of benzene rings is 2. The van der Waals surface area contributed by atoms with E-state index in [1.807, 2.05) is 5.32 Å². The van der Waals surface area contributed by atoms with Gasteiger partial charge in [0.05, 0.1) is 10.6 Å². The molecule has 0 radical (unpaired) electrons. The van der Waals surface area contributed by atoms with Crippen molar-refractivity contribution in [3.63, 3.8) is 0 Å². The van der Waals surface area contributed by atoms with Gasteiger partial charge in [-0.05, 0) is 62.2 Å². The smallest absolute Gasteiger partial charge is 0.433 e. The van der Waals surface area contributed by atoms with Gasteiger partial charge in [-0.3, -0.25) is 4.79 Å². The quantitative estimate of drug-likeness (QED) is 0.145. The van der Waals surface area contributed by atoms with Crippen molar-refractivity contribution in [2.45, 2.75) is 27.3 Å². The Morgan fingerprint density at radius 1 is 1.03 bits per heavy atom. The van der Waals surface area contributed by atoms with Crippen LogP contribution in [-0.2, 0) is 15.5 Å². The molecule has 2 aromatic carbocycles. The van der Waals surface area contributed by atoms with Crippen molar-refractivity contribution < 1.29 is 53.1 Å². The average molecular weight is 686 g/mol. The molecule has 0 saturated heterocycles. The maximum Gasteiger partial charge on any atom is 0.433 e. The van der Waals surface area contributed by atoms with Crippen LogP contribution in [0.4, 0.5) is 40.8 Å². The van der Waals surface area contributed by atoms with E-state index >= 15 is 0 Å². The molecule has 0 bridgehead atoms. The Morgan fingerprint density at radius 3 is 2.19 bits per heavy atom. The van der Waals surface area contributed by atoms with Crippen LogP contribution < -0.4 is 10.0 Å². The minimum atomic E-state index is -6.35. The van der Waals surface area contributed by atoms with Crippen LogP contribution in [0, 0.1) is 5.21 Å². The van der Waals surface area contributed by atoms with Crippen LogP contribution in [0.1, 0.15) is 15.9 Å². The molecular formula is C20H10Br2F8N2O4S. The third-order valence-corrected chi connectivity index (χ3v) is 7.62. The number of fused-ring (bicyclic) bond motifs is 1. The highest BCUT2D eigenvalue weighted by molar-refractivity contribution is 9.10. The van der Waals surface area contributed by atoms with Crippen molar-refractivity contribution in [2.24, 2.45) is 0 Å². The van der Waals surface area contributed by atoms with Gasteiger partial charge in [0.15, 0.2) is 6.20 Å². The largest absolute Gasteiger partial charge is 0.618 e. The molecule has 0 spiro atoms. The number of nitrogens with zero attached hydrogens (tertiary/aromatic N) is 1. The number of carbonyl (C=O) groups is 1. The first-order valence-electron chi connectivity index (χ1n) is 9.44. The number of sulfone groups is 1. The molecule has 17 heteroatoms. The van der Waals surface area contributed by atoms with Gasteiger partial charge < -0.3 is 10.5 Å². The second-order valence-electron chi connectivity index (χ2n) is 7.35. The predicted molar refractivity (Wildman–Crippen MR) is 121 cm³/mol. The highest BCUT2D eigenvalue weighted by Crippen LogP contribution is 2.56. The number of pyridine rings is 1. The average Bonchev–Trinajstić information content (AvgIpc) is 2.77. The number of aromatic nitrogens is 1. The molecule has 1 atom stereocenters. The standard InChI is InChI=1S/C20H10Br2F8N2O4S/c21-12-7-11(18(25,19(22,26)27)20(28,29)30)8-14(37(35,36)17(23)24)15(12)31-16(33)10-4-3-9-2-1-5-32(34)13(9)6-10/h1-8,17H,(H,31,33). The summed E-state index contributed by atoms with van der Waals surface area (Å²) in [5.41, 5.74) is -9.06. The van der Waals surface area contributed by atoms with Gasteiger partial charge in [-0.25, -0.2) is 12.8 Å². The molecule has 1 N–H and O–H groups in total. The Balaban J connectivity index is 2.23. The van der Waals surface area contributed by atoms with E-state index in [4.69, 9.17) is 0 Å². The minimum Gasteiger partial charge on any atom is -0.618 e. The van der Waals surface area contributed by atoms with E-state index in [-0.39, 0.29) is 23.2 Å². The van der Waals surface area contributed by atoms with Gasteiger partial charge in [-0.2, -0.15) is 35.5 Å². The molecule has 0 aliphatic carbocycles. The first-order valence-corrected chi connectivity index (χ1v) is 12.6. The van der Waals surface area contributed by atoms with Gasteiger partial charge >= 0.3 is 22.4 Å². The number of alkyl halides is 9. The molecule has 1 aromatic heterocycles. The van der Waals surface area contributed by atoms with Crippen LogP contribution in [0.2, 0.25) is 0 Å². The van der Waals surface area contributed by atoms with Crippen LogP contribution in [0.15, 0.2) is 58.0 Å². The van der Waals surface area contributed by atoms with Gasteiger partial charge in [0.2, 0.25) is 15.4 Å². The Morgan fingerprint density at radius 2 is 1.65 bits per heavy atom. The number of hydrogen-bond acceptors (Lipinski definition) is 4. The van der Waals surface area contributed by atoms with E-state index in [0.29, 0.717) is 10.1 Å². The Labute approximate surface area is 219 Å². The lowest BCUT2D eigenvalue weighted by molar-refractivity contribution is -0.577. The number of halogens is 10. The van der Waals surface area contributed by atoms with Gasteiger partial charge in [-0.15, -0.1) is 0 Å². The lowest BCUT2D eigenvalue weighted by atomic mass is 9.95. The van der Waals surface area contributed by atoms with E-state index in [1.54, 1.807) is 0 Å². The lowest BCUT2D eigenvalue weighted by Crippen LogP contribution is -2.49. The first kappa shape index (κ1) is 29.0. The van der Waals surface area contributed by atoms with Gasteiger partial charge in [0.25, 0.3) is 5.91 Å². The molecule has 0 aliphatic rings. The predicted octanol–water partition coefficient (Wildman–Crippen LogP) is 6.20. The van der Waals surface area contributed by atoms with Crippen LogP contribution >= 0.6 is 31.9 Å². The fourth-order valence-electron chi connectivity index (χ4n) is 3.22. The highest BCUT2D eigenvalue weighted by Gasteiger charge is 2.71. The molecular weight excluding hydrogens is 676 g/mol. The van der Waals surface area contributed by atoms with Crippen LogP contribution in [0.25, 0.3) is 10.9 Å². The Bertz CT molecular complexity index is 1480. The second-order valence-corrected chi connectivity index (χ2v) is 11.1. The summed E-state index contributed by atoms with van der Waals surface area (Å²) in [4.78, 5) is 5.62. The number of amides is 1. The highest BCUT2D eigenvalue weighted by atomic mass is 79.9. The summed E-state index contributed by atoms with van der Waals surface area (Å²) in [5, 5.41) is 14.2. The maximum atomic E-state index is 14.9. The number of hydrogen-bond donors (Lipinski definition) is 1. The van der Waals surface area contributed by atoms with E-state index in [0.717, 1.165) is 18.3 Å². The van der Waals surface area contributed by atoms with Gasteiger partial charge in [0.1, 0.15) is 0 Å². The number of nitrogens with one attached hydrogen (secondary N) is 1. The van der Waals surface area contributed by atoms with Crippen molar-refractivity contribution in [1.29, 1.82) is 0 Å². The molecule has 3 rings (SSSR count).